The van der Waals surface area contributed by atoms with E-state index in [1.165, 1.54) is 0 Å². The van der Waals surface area contributed by atoms with E-state index in [0.29, 0.717) is 6.42 Å². The first-order chi connectivity index (χ1) is 10.7. The first kappa shape index (κ1) is 14.2. The molecule has 22 heavy (non-hydrogen) atoms. The van der Waals surface area contributed by atoms with E-state index in [2.05, 4.69) is 17.1 Å². The largest absolute Gasteiger partial charge is 0.294 e. The number of hydrogen-bond donors (Lipinski definition) is 0. The second kappa shape index (κ2) is 6.35. The zero-order valence-corrected chi connectivity index (χ0v) is 12.5. The Labute approximate surface area is 130 Å². The van der Waals surface area contributed by atoms with Gasteiger partial charge in [-0.3, -0.25) is 9.78 Å². The fourth-order valence-corrected chi connectivity index (χ4v) is 2.48. The van der Waals surface area contributed by atoms with Crippen molar-refractivity contribution in [2.75, 3.05) is 0 Å². The van der Waals surface area contributed by atoms with E-state index in [4.69, 9.17) is 0 Å². The van der Waals surface area contributed by atoms with Gasteiger partial charge in [-0.15, -0.1) is 0 Å². The monoisotopic (exact) mass is 287 g/mol. The number of carbonyl (C=O) groups is 1. The Kier molecular flexibility index (Phi) is 4.10. The molecule has 0 aliphatic carbocycles. The van der Waals surface area contributed by atoms with Crippen LogP contribution in [0.2, 0.25) is 0 Å². The summed E-state index contributed by atoms with van der Waals surface area (Å²) in [6, 6.07) is 21.6. The summed E-state index contributed by atoms with van der Waals surface area (Å²) in [6.45, 7) is 2.04. The quantitative estimate of drug-likeness (QED) is 0.662. The number of Topliss-reactive ketones (excluding diaryl/α,β-unsaturated/α-hetero) is 1. The highest BCUT2D eigenvalue weighted by molar-refractivity contribution is 5.97. The van der Waals surface area contributed by atoms with Crippen LogP contribution in [0.5, 0.6) is 0 Å². The number of aromatic nitrogens is 1. The van der Waals surface area contributed by atoms with Gasteiger partial charge in [-0.25, -0.2) is 0 Å². The summed E-state index contributed by atoms with van der Waals surface area (Å²) < 4.78 is 0. The van der Waals surface area contributed by atoms with Crippen molar-refractivity contribution < 1.29 is 4.79 Å². The van der Waals surface area contributed by atoms with Crippen molar-refractivity contribution >= 4 is 5.78 Å². The van der Waals surface area contributed by atoms with Gasteiger partial charge in [-0.2, -0.15) is 0 Å². The standard InChI is InChI=1S/C20H17NO/c1-15-14-21-18(12-19(15)16-8-4-2-5-9-16)13-20(22)17-10-6-3-7-11-17/h2-12,14H,13H2,1H3. The molecule has 0 bridgehead atoms. The van der Waals surface area contributed by atoms with Gasteiger partial charge < -0.3 is 0 Å². The van der Waals surface area contributed by atoms with Gasteiger partial charge in [0.2, 0.25) is 0 Å². The average Bonchev–Trinajstić information content (AvgIpc) is 2.58. The molecule has 3 rings (SSSR count). The van der Waals surface area contributed by atoms with Crippen LogP contribution in [0.3, 0.4) is 0 Å². The van der Waals surface area contributed by atoms with Gasteiger partial charge in [0.05, 0.1) is 6.42 Å². The molecule has 0 unspecified atom stereocenters. The Bertz CT molecular complexity index is 779. The van der Waals surface area contributed by atoms with E-state index >= 15 is 0 Å². The van der Waals surface area contributed by atoms with Crippen molar-refractivity contribution in [2.45, 2.75) is 13.3 Å². The van der Waals surface area contributed by atoms with Gasteiger partial charge in [0.25, 0.3) is 0 Å². The number of carbonyl (C=O) groups excluding carboxylic acids is 1. The van der Waals surface area contributed by atoms with E-state index in [1.54, 1.807) is 0 Å². The molecule has 0 amide bonds. The molecule has 0 N–H and O–H groups in total. The smallest absolute Gasteiger partial charge is 0.168 e. The van der Waals surface area contributed by atoms with Crippen molar-refractivity contribution in [1.82, 2.24) is 4.98 Å². The predicted molar refractivity (Wildman–Crippen MR) is 88.9 cm³/mol. The number of rotatable bonds is 4. The zero-order chi connectivity index (χ0) is 15.4. The average molecular weight is 287 g/mol. The molecule has 0 atom stereocenters. The summed E-state index contributed by atoms with van der Waals surface area (Å²) in [6.07, 6.45) is 2.17. The third-order valence-electron chi connectivity index (χ3n) is 3.68. The lowest BCUT2D eigenvalue weighted by Crippen LogP contribution is -2.05. The van der Waals surface area contributed by atoms with Crippen LogP contribution in [0.25, 0.3) is 11.1 Å². The van der Waals surface area contributed by atoms with Crippen molar-refractivity contribution in [1.29, 1.82) is 0 Å². The molecule has 108 valence electrons. The molecule has 0 saturated carbocycles. The maximum absolute atomic E-state index is 12.3. The fourth-order valence-electron chi connectivity index (χ4n) is 2.48. The van der Waals surface area contributed by atoms with E-state index in [0.717, 1.165) is 27.9 Å². The summed E-state index contributed by atoms with van der Waals surface area (Å²) in [5, 5.41) is 0. The Morgan fingerprint density at radius 2 is 1.59 bits per heavy atom. The number of aryl methyl sites for hydroxylation is 1. The summed E-state index contributed by atoms with van der Waals surface area (Å²) in [5.41, 5.74) is 4.92. The minimum Gasteiger partial charge on any atom is -0.294 e. The normalized spacial score (nSPS) is 10.4. The molecule has 0 spiro atoms. The van der Waals surface area contributed by atoms with E-state index in [9.17, 15) is 4.79 Å². The van der Waals surface area contributed by atoms with Crippen LogP contribution < -0.4 is 0 Å². The predicted octanol–water partition coefficient (Wildman–Crippen LogP) is 4.48. The molecule has 2 nitrogen and oxygen atoms in total. The number of ketones is 1. The highest BCUT2D eigenvalue weighted by Crippen LogP contribution is 2.23. The molecule has 1 aromatic heterocycles. The van der Waals surface area contributed by atoms with E-state index < -0.39 is 0 Å². The number of benzene rings is 2. The molecular weight excluding hydrogens is 270 g/mol. The van der Waals surface area contributed by atoms with Gasteiger partial charge >= 0.3 is 0 Å². The lowest BCUT2D eigenvalue weighted by atomic mass is 9.99. The minimum atomic E-state index is 0.0935. The first-order valence-corrected chi connectivity index (χ1v) is 7.33. The van der Waals surface area contributed by atoms with Crippen molar-refractivity contribution in [3.63, 3.8) is 0 Å². The Morgan fingerprint density at radius 3 is 2.27 bits per heavy atom. The van der Waals surface area contributed by atoms with Gasteiger partial charge in [0.1, 0.15) is 0 Å². The first-order valence-electron chi connectivity index (χ1n) is 7.33. The number of hydrogen-bond acceptors (Lipinski definition) is 2. The summed E-state index contributed by atoms with van der Waals surface area (Å²) in [7, 11) is 0. The molecule has 0 fully saturated rings. The summed E-state index contributed by atoms with van der Waals surface area (Å²) in [5.74, 6) is 0.0935. The minimum absolute atomic E-state index is 0.0935. The van der Waals surface area contributed by atoms with E-state index in [1.807, 2.05) is 67.7 Å². The highest BCUT2D eigenvalue weighted by atomic mass is 16.1. The molecule has 0 aliphatic rings. The molecule has 2 aromatic carbocycles. The lowest BCUT2D eigenvalue weighted by molar-refractivity contribution is 0.0992. The van der Waals surface area contributed by atoms with Crippen LogP contribution >= 0.6 is 0 Å². The van der Waals surface area contributed by atoms with Gasteiger partial charge in [0, 0.05) is 17.5 Å². The van der Waals surface area contributed by atoms with Crippen LogP contribution in [-0.4, -0.2) is 10.8 Å². The maximum Gasteiger partial charge on any atom is 0.168 e. The van der Waals surface area contributed by atoms with E-state index in [-0.39, 0.29) is 5.78 Å². The second-order valence-electron chi connectivity index (χ2n) is 5.32. The van der Waals surface area contributed by atoms with Crippen molar-refractivity contribution in [3.05, 3.63) is 89.7 Å². The van der Waals surface area contributed by atoms with Crippen molar-refractivity contribution in [2.24, 2.45) is 0 Å². The Morgan fingerprint density at radius 1 is 0.955 bits per heavy atom. The van der Waals surface area contributed by atoms with Gasteiger partial charge in [-0.05, 0) is 29.7 Å². The molecular formula is C20H17NO. The third kappa shape index (κ3) is 3.12. The van der Waals surface area contributed by atoms with Crippen LogP contribution in [0.1, 0.15) is 21.6 Å². The number of nitrogens with zero attached hydrogens (tertiary/aromatic N) is 1. The molecule has 3 aromatic rings. The lowest BCUT2D eigenvalue weighted by Gasteiger charge is -2.08. The second-order valence-corrected chi connectivity index (χ2v) is 5.32. The Balaban J connectivity index is 1.88. The Hall–Kier alpha value is -2.74. The number of pyridine rings is 1. The SMILES string of the molecule is Cc1cnc(CC(=O)c2ccccc2)cc1-c1ccccc1. The van der Waals surface area contributed by atoms with Crippen LogP contribution in [0, 0.1) is 6.92 Å². The van der Waals surface area contributed by atoms with Gasteiger partial charge in [-0.1, -0.05) is 60.7 Å². The molecule has 0 aliphatic heterocycles. The molecule has 0 radical (unpaired) electrons. The van der Waals surface area contributed by atoms with Gasteiger partial charge in [0.15, 0.2) is 5.78 Å². The van der Waals surface area contributed by atoms with Crippen LogP contribution in [-0.2, 0) is 6.42 Å². The summed E-state index contributed by atoms with van der Waals surface area (Å²) in [4.78, 5) is 16.7. The third-order valence-corrected chi connectivity index (χ3v) is 3.68. The molecule has 2 heteroatoms. The van der Waals surface area contributed by atoms with Crippen LogP contribution in [0.15, 0.2) is 72.9 Å². The topological polar surface area (TPSA) is 30.0 Å². The van der Waals surface area contributed by atoms with Crippen LogP contribution in [0.4, 0.5) is 0 Å². The highest BCUT2D eigenvalue weighted by Gasteiger charge is 2.10. The summed E-state index contributed by atoms with van der Waals surface area (Å²) >= 11 is 0. The maximum atomic E-state index is 12.3. The van der Waals surface area contributed by atoms with Crippen molar-refractivity contribution in [3.8, 4) is 11.1 Å². The molecule has 0 saturated heterocycles. The fraction of sp³-hybridized carbons (Fsp3) is 0.100. The molecule has 1 heterocycles. The zero-order valence-electron chi connectivity index (χ0n) is 12.5.